The molecule has 0 N–H and O–H groups in total. The zero-order chi connectivity index (χ0) is 19.6. The Hall–Kier alpha value is -2.38. The lowest BCUT2D eigenvalue weighted by molar-refractivity contribution is -0.136. The van der Waals surface area contributed by atoms with Gasteiger partial charge in [-0.3, -0.25) is 0 Å². The quantitative estimate of drug-likeness (QED) is 0.338. The van der Waals surface area contributed by atoms with Gasteiger partial charge in [-0.05, 0) is 58.2 Å². The normalized spacial score (nSPS) is 10.3. The second-order valence-electron chi connectivity index (χ2n) is 5.54. The lowest BCUT2D eigenvalue weighted by atomic mass is 10.2. The van der Waals surface area contributed by atoms with E-state index in [-0.39, 0.29) is 24.5 Å². The summed E-state index contributed by atoms with van der Waals surface area (Å²) < 4.78 is 21.3. The average molecular weight is 437 g/mol. The fourth-order valence-corrected chi connectivity index (χ4v) is 2.71. The molecule has 0 saturated carbocycles. The van der Waals surface area contributed by atoms with Crippen molar-refractivity contribution in [3.05, 3.63) is 58.1 Å². The summed E-state index contributed by atoms with van der Waals surface area (Å²) in [6.45, 7) is 2.26. The first-order valence-electron chi connectivity index (χ1n) is 8.41. The van der Waals surface area contributed by atoms with Gasteiger partial charge in [-0.15, -0.1) is 0 Å². The Balaban J connectivity index is 1.90. The first-order valence-corrected chi connectivity index (χ1v) is 9.20. The van der Waals surface area contributed by atoms with E-state index in [0.29, 0.717) is 12.4 Å². The standard InChI is InChI=1S/C20H21BrO6/c1-3-14-7-8-18(17(21)11-14)26-13-19(22)27-16-6-4-5-15(12-16)20(23)25-10-9-24-2/h4-8,11-12H,3,9-10,13H2,1-2H3. The van der Waals surface area contributed by atoms with E-state index in [2.05, 4.69) is 22.9 Å². The van der Waals surface area contributed by atoms with Crippen LogP contribution < -0.4 is 9.47 Å². The Morgan fingerprint density at radius 3 is 2.59 bits per heavy atom. The number of benzene rings is 2. The SMILES string of the molecule is CCc1ccc(OCC(=O)Oc2cccc(C(=O)OCCOC)c2)c(Br)c1. The Labute approximate surface area is 166 Å². The highest BCUT2D eigenvalue weighted by Crippen LogP contribution is 2.26. The molecule has 2 aromatic rings. The maximum atomic E-state index is 12.0. The Kier molecular flexibility index (Phi) is 8.29. The molecule has 0 radical (unpaired) electrons. The van der Waals surface area contributed by atoms with Crippen LogP contribution >= 0.6 is 15.9 Å². The summed E-state index contributed by atoms with van der Waals surface area (Å²) in [5.41, 5.74) is 1.45. The fraction of sp³-hybridized carbons (Fsp3) is 0.300. The van der Waals surface area contributed by atoms with Crippen molar-refractivity contribution in [3.63, 3.8) is 0 Å². The van der Waals surface area contributed by atoms with E-state index < -0.39 is 11.9 Å². The van der Waals surface area contributed by atoms with Gasteiger partial charge in [0.15, 0.2) is 6.61 Å². The van der Waals surface area contributed by atoms with Crippen LogP contribution in [0.4, 0.5) is 0 Å². The summed E-state index contributed by atoms with van der Waals surface area (Å²) in [4.78, 5) is 23.9. The van der Waals surface area contributed by atoms with Crippen LogP contribution in [0.25, 0.3) is 0 Å². The highest BCUT2D eigenvalue weighted by atomic mass is 79.9. The number of aryl methyl sites for hydroxylation is 1. The topological polar surface area (TPSA) is 71.1 Å². The average Bonchev–Trinajstić information content (AvgIpc) is 2.67. The number of halogens is 1. The number of hydrogen-bond acceptors (Lipinski definition) is 6. The van der Waals surface area contributed by atoms with Gasteiger partial charge in [-0.2, -0.15) is 0 Å². The first kappa shape index (κ1) is 20.9. The summed E-state index contributed by atoms with van der Waals surface area (Å²) in [5, 5.41) is 0. The number of rotatable bonds is 9. The van der Waals surface area contributed by atoms with Crippen LogP contribution in [0, 0.1) is 0 Å². The fourth-order valence-electron chi connectivity index (χ4n) is 2.17. The molecular formula is C20H21BrO6. The lowest BCUT2D eigenvalue weighted by Gasteiger charge is -2.10. The number of esters is 2. The van der Waals surface area contributed by atoms with E-state index in [9.17, 15) is 9.59 Å². The van der Waals surface area contributed by atoms with Crippen molar-refractivity contribution in [1.29, 1.82) is 0 Å². The number of hydrogen-bond donors (Lipinski definition) is 0. The van der Waals surface area contributed by atoms with E-state index in [4.69, 9.17) is 18.9 Å². The van der Waals surface area contributed by atoms with Crippen molar-refractivity contribution in [1.82, 2.24) is 0 Å². The van der Waals surface area contributed by atoms with Gasteiger partial charge in [-0.25, -0.2) is 9.59 Å². The molecule has 144 valence electrons. The molecule has 0 saturated heterocycles. The number of carbonyl (C=O) groups excluding carboxylic acids is 2. The molecule has 0 aliphatic rings. The van der Waals surface area contributed by atoms with Gasteiger partial charge in [0, 0.05) is 7.11 Å². The van der Waals surface area contributed by atoms with Crippen LogP contribution in [0.2, 0.25) is 0 Å². The Morgan fingerprint density at radius 1 is 1.07 bits per heavy atom. The molecule has 0 fully saturated rings. The van der Waals surface area contributed by atoms with Crippen molar-refractivity contribution < 1.29 is 28.5 Å². The largest absolute Gasteiger partial charge is 0.481 e. The second kappa shape index (κ2) is 10.7. The predicted octanol–water partition coefficient (Wildman–Crippen LogP) is 3.80. The third kappa shape index (κ3) is 6.69. The van der Waals surface area contributed by atoms with Gasteiger partial charge < -0.3 is 18.9 Å². The minimum atomic E-state index is -0.577. The van der Waals surface area contributed by atoms with Crippen LogP contribution in [0.1, 0.15) is 22.8 Å². The van der Waals surface area contributed by atoms with E-state index >= 15 is 0 Å². The molecule has 0 heterocycles. The minimum absolute atomic E-state index is 0.152. The molecule has 2 aromatic carbocycles. The second-order valence-corrected chi connectivity index (χ2v) is 6.39. The van der Waals surface area contributed by atoms with Crippen molar-refractivity contribution in [3.8, 4) is 11.5 Å². The molecule has 7 heteroatoms. The molecule has 0 bridgehead atoms. The highest BCUT2D eigenvalue weighted by Gasteiger charge is 2.12. The lowest BCUT2D eigenvalue weighted by Crippen LogP contribution is -2.18. The molecule has 0 atom stereocenters. The van der Waals surface area contributed by atoms with Crippen LogP contribution in [-0.2, 0) is 20.7 Å². The Morgan fingerprint density at radius 2 is 1.89 bits per heavy atom. The van der Waals surface area contributed by atoms with Gasteiger partial charge in [0.25, 0.3) is 0 Å². The molecule has 0 amide bonds. The number of carbonyl (C=O) groups is 2. The summed E-state index contributed by atoms with van der Waals surface area (Å²) in [5.74, 6) is -0.294. The van der Waals surface area contributed by atoms with Crippen molar-refractivity contribution in [2.75, 3.05) is 26.9 Å². The van der Waals surface area contributed by atoms with Crippen molar-refractivity contribution >= 4 is 27.9 Å². The molecule has 6 nitrogen and oxygen atoms in total. The van der Waals surface area contributed by atoms with Crippen molar-refractivity contribution in [2.45, 2.75) is 13.3 Å². The van der Waals surface area contributed by atoms with Gasteiger partial charge in [-0.1, -0.05) is 19.1 Å². The van der Waals surface area contributed by atoms with Gasteiger partial charge in [0.1, 0.15) is 18.1 Å². The smallest absolute Gasteiger partial charge is 0.349 e. The Bertz CT molecular complexity index is 790. The van der Waals surface area contributed by atoms with E-state index in [0.717, 1.165) is 16.5 Å². The number of methoxy groups -OCH3 is 1. The van der Waals surface area contributed by atoms with Gasteiger partial charge in [0.05, 0.1) is 16.6 Å². The third-order valence-electron chi connectivity index (χ3n) is 3.57. The predicted molar refractivity (Wildman–Crippen MR) is 103 cm³/mol. The molecule has 0 unspecified atom stereocenters. The van der Waals surface area contributed by atoms with Crippen LogP contribution in [0.5, 0.6) is 11.5 Å². The monoisotopic (exact) mass is 436 g/mol. The maximum absolute atomic E-state index is 12.0. The highest BCUT2D eigenvalue weighted by molar-refractivity contribution is 9.10. The molecule has 0 spiro atoms. The summed E-state index contributed by atoms with van der Waals surface area (Å²) in [6.07, 6.45) is 0.908. The van der Waals surface area contributed by atoms with E-state index in [1.165, 1.54) is 13.2 Å². The van der Waals surface area contributed by atoms with Crippen molar-refractivity contribution in [2.24, 2.45) is 0 Å². The first-order chi connectivity index (χ1) is 13.0. The molecule has 0 aliphatic heterocycles. The zero-order valence-electron chi connectivity index (χ0n) is 15.2. The van der Waals surface area contributed by atoms with E-state index in [1.54, 1.807) is 24.3 Å². The van der Waals surface area contributed by atoms with Crippen LogP contribution in [0.15, 0.2) is 46.9 Å². The molecule has 0 aliphatic carbocycles. The summed E-state index contributed by atoms with van der Waals surface area (Å²) >= 11 is 3.42. The molecular weight excluding hydrogens is 416 g/mol. The van der Waals surface area contributed by atoms with Crippen LogP contribution in [-0.4, -0.2) is 38.9 Å². The van der Waals surface area contributed by atoms with Gasteiger partial charge >= 0.3 is 11.9 Å². The molecule has 27 heavy (non-hydrogen) atoms. The zero-order valence-corrected chi connectivity index (χ0v) is 16.8. The third-order valence-corrected chi connectivity index (χ3v) is 4.19. The van der Waals surface area contributed by atoms with Crippen LogP contribution in [0.3, 0.4) is 0 Å². The summed E-state index contributed by atoms with van der Waals surface area (Å²) in [7, 11) is 1.52. The molecule has 0 aromatic heterocycles. The molecule has 2 rings (SSSR count). The summed E-state index contributed by atoms with van der Waals surface area (Å²) in [6, 6.07) is 11.9. The van der Waals surface area contributed by atoms with E-state index in [1.807, 2.05) is 12.1 Å². The van der Waals surface area contributed by atoms with Gasteiger partial charge in [0.2, 0.25) is 0 Å². The maximum Gasteiger partial charge on any atom is 0.349 e. The minimum Gasteiger partial charge on any atom is -0.481 e. The number of ether oxygens (including phenoxy) is 4.